The van der Waals surface area contributed by atoms with Gasteiger partial charge in [0.05, 0.1) is 6.61 Å². The number of hydrogen-bond acceptors (Lipinski definition) is 3. The van der Waals surface area contributed by atoms with Crippen LogP contribution in [0.1, 0.15) is 11.1 Å². The molecule has 0 aromatic heterocycles. The highest BCUT2D eigenvalue weighted by Gasteiger charge is 1.95. The van der Waals surface area contributed by atoms with E-state index in [9.17, 15) is 0 Å². The van der Waals surface area contributed by atoms with Crippen molar-refractivity contribution in [2.24, 2.45) is 0 Å². The zero-order chi connectivity index (χ0) is 8.97. The summed E-state index contributed by atoms with van der Waals surface area (Å²) in [6, 6.07) is 7.47. The molecule has 0 aliphatic carbocycles. The molecule has 0 saturated carbocycles. The standard InChI is InChI=1S/C9H13NO2/c1-10(12)6-8-2-4-9(7-11)5-3-8/h2-5,11-12H,6-7H2,1H3. The number of aliphatic hydroxyl groups is 1. The molecule has 1 aromatic rings. The molecule has 0 atom stereocenters. The maximum Gasteiger partial charge on any atom is 0.0681 e. The zero-order valence-corrected chi connectivity index (χ0v) is 7.07. The summed E-state index contributed by atoms with van der Waals surface area (Å²) < 4.78 is 0. The van der Waals surface area contributed by atoms with Crippen LogP contribution < -0.4 is 0 Å². The number of rotatable bonds is 3. The first-order chi connectivity index (χ1) is 5.72. The largest absolute Gasteiger partial charge is 0.392 e. The van der Waals surface area contributed by atoms with Gasteiger partial charge in [0.1, 0.15) is 0 Å². The van der Waals surface area contributed by atoms with Gasteiger partial charge in [-0.2, -0.15) is 5.06 Å². The fourth-order valence-electron chi connectivity index (χ4n) is 1.01. The van der Waals surface area contributed by atoms with Gasteiger partial charge in [0.15, 0.2) is 0 Å². The lowest BCUT2D eigenvalue weighted by atomic mass is 10.1. The molecular formula is C9H13NO2. The Morgan fingerprint density at radius 2 is 1.67 bits per heavy atom. The SMILES string of the molecule is CN(O)Cc1ccc(CO)cc1. The Balaban J connectivity index is 2.65. The molecule has 66 valence electrons. The first kappa shape index (κ1) is 9.19. The lowest BCUT2D eigenvalue weighted by molar-refractivity contribution is -0.0731. The van der Waals surface area contributed by atoms with Gasteiger partial charge in [0.25, 0.3) is 0 Å². The van der Waals surface area contributed by atoms with E-state index in [1.807, 2.05) is 24.3 Å². The molecule has 0 heterocycles. The van der Waals surface area contributed by atoms with Gasteiger partial charge >= 0.3 is 0 Å². The molecule has 2 N–H and O–H groups in total. The summed E-state index contributed by atoms with van der Waals surface area (Å²) in [5.74, 6) is 0. The van der Waals surface area contributed by atoms with Crippen LogP contribution in [-0.4, -0.2) is 22.4 Å². The summed E-state index contributed by atoms with van der Waals surface area (Å²) in [7, 11) is 1.60. The molecule has 0 bridgehead atoms. The van der Waals surface area contributed by atoms with E-state index in [0.29, 0.717) is 6.54 Å². The molecule has 0 spiro atoms. The molecule has 0 aliphatic heterocycles. The van der Waals surface area contributed by atoms with Crippen molar-refractivity contribution in [1.82, 2.24) is 5.06 Å². The van der Waals surface area contributed by atoms with Gasteiger partial charge in [-0.3, -0.25) is 0 Å². The number of aliphatic hydroxyl groups excluding tert-OH is 1. The van der Waals surface area contributed by atoms with Crippen molar-refractivity contribution in [3.63, 3.8) is 0 Å². The smallest absolute Gasteiger partial charge is 0.0681 e. The van der Waals surface area contributed by atoms with Crippen LogP contribution in [0.25, 0.3) is 0 Å². The summed E-state index contributed by atoms with van der Waals surface area (Å²) in [4.78, 5) is 0. The number of hydrogen-bond donors (Lipinski definition) is 2. The quantitative estimate of drug-likeness (QED) is 0.660. The van der Waals surface area contributed by atoms with Gasteiger partial charge in [-0.25, -0.2) is 0 Å². The Kier molecular flexibility index (Phi) is 3.22. The first-order valence-electron chi connectivity index (χ1n) is 3.81. The molecular weight excluding hydrogens is 154 g/mol. The molecule has 0 unspecified atom stereocenters. The summed E-state index contributed by atoms with van der Waals surface area (Å²) in [5, 5.41) is 18.8. The minimum Gasteiger partial charge on any atom is -0.392 e. The lowest BCUT2D eigenvalue weighted by Gasteiger charge is -2.07. The van der Waals surface area contributed by atoms with E-state index < -0.39 is 0 Å². The molecule has 0 aliphatic rings. The fraction of sp³-hybridized carbons (Fsp3) is 0.333. The zero-order valence-electron chi connectivity index (χ0n) is 7.07. The number of benzene rings is 1. The predicted molar refractivity (Wildman–Crippen MR) is 45.6 cm³/mol. The monoisotopic (exact) mass is 167 g/mol. The Morgan fingerprint density at radius 3 is 2.08 bits per heavy atom. The van der Waals surface area contributed by atoms with Crippen molar-refractivity contribution in [1.29, 1.82) is 0 Å². The van der Waals surface area contributed by atoms with Crippen LogP contribution in [-0.2, 0) is 13.2 Å². The third kappa shape index (κ3) is 2.62. The summed E-state index contributed by atoms with van der Waals surface area (Å²) in [6.07, 6.45) is 0. The lowest BCUT2D eigenvalue weighted by Crippen LogP contribution is -2.11. The van der Waals surface area contributed by atoms with E-state index in [2.05, 4.69) is 0 Å². The second kappa shape index (κ2) is 4.21. The van der Waals surface area contributed by atoms with Crippen LogP contribution in [0.2, 0.25) is 0 Å². The summed E-state index contributed by atoms with van der Waals surface area (Å²) in [5.41, 5.74) is 1.91. The highest BCUT2D eigenvalue weighted by Crippen LogP contribution is 2.05. The molecule has 1 aromatic carbocycles. The summed E-state index contributed by atoms with van der Waals surface area (Å²) >= 11 is 0. The van der Waals surface area contributed by atoms with E-state index in [0.717, 1.165) is 16.2 Å². The molecule has 3 heteroatoms. The van der Waals surface area contributed by atoms with Crippen LogP contribution in [0, 0.1) is 0 Å². The van der Waals surface area contributed by atoms with Crippen LogP contribution in [0.4, 0.5) is 0 Å². The number of hydroxylamine groups is 2. The molecule has 0 amide bonds. The average molecular weight is 167 g/mol. The van der Waals surface area contributed by atoms with Crippen molar-refractivity contribution >= 4 is 0 Å². The van der Waals surface area contributed by atoms with Crippen LogP contribution in [0.3, 0.4) is 0 Å². The van der Waals surface area contributed by atoms with Gasteiger partial charge in [0.2, 0.25) is 0 Å². The minimum atomic E-state index is 0.0647. The van der Waals surface area contributed by atoms with E-state index in [1.165, 1.54) is 0 Å². The Labute approximate surface area is 71.8 Å². The van der Waals surface area contributed by atoms with Gasteiger partial charge in [-0.05, 0) is 11.1 Å². The normalized spacial score (nSPS) is 10.7. The molecule has 0 radical (unpaired) electrons. The first-order valence-corrected chi connectivity index (χ1v) is 3.81. The number of nitrogens with zero attached hydrogens (tertiary/aromatic N) is 1. The van der Waals surface area contributed by atoms with Crippen molar-refractivity contribution in [3.05, 3.63) is 35.4 Å². The van der Waals surface area contributed by atoms with E-state index in [1.54, 1.807) is 7.05 Å². The average Bonchev–Trinajstić information content (AvgIpc) is 2.05. The second-order valence-corrected chi connectivity index (χ2v) is 2.79. The van der Waals surface area contributed by atoms with E-state index in [4.69, 9.17) is 10.3 Å². The highest BCUT2D eigenvalue weighted by atomic mass is 16.5. The van der Waals surface area contributed by atoms with Gasteiger partial charge in [0, 0.05) is 13.6 Å². The molecule has 1 rings (SSSR count). The third-order valence-electron chi connectivity index (χ3n) is 1.62. The maximum atomic E-state index is 8.92. The molecule has 12 heavy (non-hydrogen) atoms. The Hall–Kier alpha value is -0.900. The van der Waals surface area contributed by atoms with E-state index >= 15 is 0 Å². The van der Waals surface area contributed by atoms with E-state index in [-0.39, 0.29) is 6.61 Å². The maximum absolute atomic E-state index is 8.92. The molecule has 0 fully saturated rings. The van der Waals surface area contributed by atoms with Crippen LogP contribution in [0.15, 0.2) is 24.3 Å². The molecule has 0 saturated heterocycles. The van der Waals surface area contributed by atoms with Crippen LogP contribution >= 0.6 is 0 Å². The van der Waals surface area contributed by atoms with Crippen molar-refractivity contribution in [2.75, 3.05) is 7.05 Å². The summed E-state index contributed by atoms with van der Waals surface area (Å²) in [6.45, 7) is 0.570. The topological polar surface area (TPSA) is 43.7 Å². The van der Waals surface area contributed by atoms with Crippen molar-refractivity contribution in [3.8, 4) is 0 Å². The van der Waals surface area contributed by atoms with Crippen LogP contribution in [0.5, 0.6) is 0 Å². The van der Waals surface area contributed by atoms with Gasteiger partial charge in [-0.15, -0.1) is 0 Å². The minimum absolute atomic E-state index is 0.0647. The third-order valence-corrected chi connectivity index (χ3v) is 1.62. The highest BCUT2D eigenvalue weighted by molar-refractivity contribution is 5.21. The predicted octanol–water partition coefficient (Wildman–Crippen LogP) is 1.000. The molecule has 3 nitrogen and oxygen atoms in total. The fourth-order valence-corrected chi connectivity index (χ4v) is 1.01. The van der Waals surface area contributed by atoms with Gasteiger partial charge in [-0.1, -0.05) is 24.3 Å². The Morgan fingerprint density at radius 1 is 1.17 bits per heavy atom. The second-order valence-electron chi connectivity index (χ2n) is 2.79. The van der Waals surface area contributed by atoms with Crippen molar-refractivity contribution < 1.29 is 10.3 Å². The Bertz CT molecular complexity index is 231. The van der Waals surface area contributed by atoms with Crippen molar-refractivity contribution in [2.45, 2.75) is 13.2 Å². The van der Waals surface area contributed by atoms with Gasteiger partial charge < -0.3 is 10.3 Å².